The van der Waals surface area contributed by atoms with Crippen LogP contribution in [0.1, 0.15) is 11.1 Å². The molecule has 11 heteroatoms. The van der Waals surface area contributed by atoms with Gasteiger partial charge < -0.3 is 4.74 Å². The van der Waals surface area contributed by atoms with E-state index in [9.17, 15) is 18.8 Å². The first-order valence-electron chi connectivity index (χ1n) is 9.87. The number of anilines is 1. The predicted octanol–water partition coefficient (Wildman–Crippen LogP) is 6.79. The first-order valence-corrected chi connectivity index (χ1v) is 11.8. The second-order valence-electron chi connectivity index (χ2n) is 7.28. The molecule has 1 saturated heterocycles. The summed E-state index contributed by atoms with van der Waals surface area (Å²) in [5.74, 6) is -2.13. The third-order valence-electron chi connectivity index (χ3n) is 4.89. The summed E-state index contributed by atoms with van der Waals surface area (Å²) in [7, 11) is 0. The molecule has 6 nitrogen and oxygen atoms in total. The third kappa shape index (κ3) is 5.51. The molecule has 0 aromatic heterocycles. The first kappa shape index (κ1) is 25.2. The zero-order valence-electron chi connectivity index (χ0n) is 17.5. The van der Waals surface area contributed by atoms with Crippen molar-refractivity contribution in [2.24, 2.45) is 0 Å². The Labute approximate surface area is 222 Å². The van der Waals surface area contributed by atoms with Gasteiger partial charge in [-0.2, -0.15) is 0 Å². The van der Waals surface area contributed by atoms with Crippen LogP contribution >= 0.6 is 50.7 Å². The average molecular weight is 599 g/mol. The molecule has 0 aliphatic carbocycles. The number of imide groups is 2. The Bertz CT molecular complexity index is 1390. The molecular formula is C24H13BrCl3FN2O4. The Balaban J connectivity index is 1.61. The number of urea groups is 1. The van der Waals surface area contributed by atoms with Crippen molar-refractivity contribution in [3.63, 3.8) is 0 Å². The molecule has 3 aromatic rings. The lowest BCUT2D eigenvalue weighted by atomic mass is 10.1. The number of barbiturate groups is 1. The molecule has 0 bridgehead atoms. The van der Waals surface area contributed by atoms with E-state index in [-0.39, 0.29) is 22.9 Å². The molecule has 178 valence electrons. The number of benzene rings is 3. The summed E-state index contributed by atoms with van der Waals surface area (Å²) in [6.45, 7) is 0.111. The lowest BCUT2D eigenvalue weighted by Gasteiger charge is -2.26. The minimum absolute atomic E-state index is 0.0188. The quantitative estimate of drug-likeness (QED) is 0.259. The van der Waals surface area contributed by atoms with Gasteiger partial charge in [0.2, 0.25) is 0 Å². The highest BCUT2D eigenvalue weighted by Crippen LogP contribution is 2.36. The van der Waals surface area contributed by atoms with Crippen LogP contribution in [0.4, 0.5) is 14.9 Å². The Hall–Kier alpha value is -2.91. The zero-order chi connectivity index (χ0) is 25.3. The Morgan fingerprint density at radius 2 is 1.77 bits per heavy atom. The third-order valence-corrected chi connectivity index (χ3v) is 6.34. The summed E-state index contributed by atoms with van der Waals surface area (Å²) in [6.07, 6.45) is 1.27. The maximum atomic E-state index is 13.6. The molecule has 1 heterocycles. The predicted molar refractivity (Wildman–Crippen MR) is 135 cm³/mol. The van der Waals surface area contributed by atoms with E-state index in [0.29, 0.717) is 36.3 Å². The van der Waals surface area contributed by atoms with Gasteiger partial charge in [0.25, 0.3) is 11.8 Å². The van der Waals surface area contributed by atoms with Gasteiger partial charge in [-0.3, -0.25) is 14.9 Å². The van der Waals surface area contributed by atoms with Gasteiger partial charge in [-0.05, 0) is 70.0 Å². The van der Waals surface area contributed by atoms with Crippen LogP contribution in [0.3, 0.4) is 0 Å². The fourth-order valence-corrected chi connectivity index (χ4v) is 4.72. The van der Waals surface area contributed by atoms with E-state index in [0.717, 1.165) is 6.07 Å². The monoisotopic (exact) mass is 596 g/mol. The van der Waals surface area contributed by atoms with Gasteiger partial charge in [0.1, 0.15) is 18.0 Å². The van der Waals surface area contributed by atoms with Gasteiger partial charge in [-0.15, -0.1) is 0 Å². The molecule has 1 aliphatic rings. The maximum Gasteiger partial charge on any atom is 0.335 e. The van der Waals surface area contributed by atoms with Crippen molar-refractivity contribution in [2.45, 2.75) is 6.61 Å². The number of hydrogen-bond donors (Lipinski definition) is 1. The van der Waals surface area contributed by atoms with E-state index in [1.54, 1.807) is 24.3 Å². The van der Waals surface area contributed by atoms with Crippen molar-refractivity contribution in [3.05, 3.63) is 96.7 Å². The molecule has 1 N–H and O–H groups in total. The highest BCUT2D eigenvalue weighted by molar-refractivity contribution is 9.10. The number of carbonyl (C=O) groups excluding carboxylic acids is 3. The van der Waals surface area contributed by atoms with Crippen LogP contribution in [-0.2, 0) is 16.2 Å². The molecule has 0 atom stereocenters. The largest absolute Gasteiger partial charge is 0.486 e. The standard InChI is InChI=1S/C24H13BrCl3FN2O4/c25-18-7-12(8-20(28)21(18)35-11-13-4-5-14(26)9-19(13)27)6-17-22(32)30-24(34)31(23(17)33)16-3-1-2-15(29)10-16/h1-10H,11H2,(H,30,32,34)/b17-6+. The van der Waals surface area contributed by atoms with Gasteiger partial charge in [0.15, 0.2) is 5.75 Å². The Morgan fingerprint density at radius 3 is 2.46 bits per heavy atom. The van der Waals surface area contributed by atoms with Crippen LogP contribution in [0.25, 0.3) is 6.08 Å². The van der Waals surface area contributed by atoms with Crippen molar-refractivity contribution >= 4 is 80.3 Å². The fraction of sp³-hybridized carbons (Fsp3) is 0.0417. The van der Waals surface area contributed by atoms with Gasteiger partial charge >= 0.3 is 6.03 Å². The molecule has 4 rings (SSSR count). The summed E-state index contributed by atoms with van der Waals surface area (Å²) in [5, 5.41) is 3.20. The average Bonchev–Trinajstić information content (AvgIpc) is 2.77. The lowest BCUT2D eigenvalue weighted by Crippen LogP contribution is -2.54. The highest BCUT2D eigenvalue weighted by atomic mass is 79.9. The lowest BCUT2D eigenvalue weighted by molar-refractivity contribution is -0.122. The van der Waals surface area contributed by atoms with Crippen LogP contribution in [0, 0.1) is 5.82 Å². The maximum absolute atomic E-state index is 13.6. The van der Waals surface area contributed by atoms with Crippen molar-refractivity contribution in [1.82, 2.24) is 5.32 Å². The molecule has 1 fully saturated rings. The highest BCUT2D eigenvalue weighted by Gasteiger charge is 2.37. The second kappa shape index (κ2) is 10.4. The summed E-state index contributed by atoms with van der Waals surface area (Å²) < 4.78 is 19.9. The van der Waals surface area contributed by atoms with E-state index in [1.165, 1.54) is 30.3 Å². The molecule has 35 heavy (non-hydrogen) atoms. The number of ether oxygens (including phenoxy) is 1. The number of carbonyl (C=O) groups is 3. The van der Waals surface area contributed by atoms with Gasteiger partial charge in [-0.25, -0.2) is 14.1 Å². The number of nitrogens with one attached hydrogen (secondary N) is 1. The fourth-order valence-electron chi connectivity index (χ4n) is 3.26. The number of halogens is 5. The van der Waals surface area contributed by atoms with Crippen molar-refractivity contribution in [3.8, 4) is 5.75 Å². The van der Waals surface area contributed by atoms with E-state index < -0.39 is 23.7 Å². The van der Waals surface area contributed by atoms with Crippen molar-refractivity contribution in [1.29, 1.82) is 0 Å². The van der Waals surface area contributed by atoms with E-state index in [2.05, 4.69) is 21.2 Å². The smallest absolute Gasteiger partial charge is 0.335 e. The van der Waals surface area contributed by atoms with E-state index in [4.69, 9.17) is 39.5 Å². The summed E-state index contributed by atoms with van der Waals surface area (Å²) in [6, 6.07) is 12.0. The number of rotatable bonds is 5. The molecule has 0 unspecified atom stereocenters. The van der Waals surface area contributed by atoms with Crippen LogP contribution < -0.4 is 15.0 Å². The minimum Gasteiger partial charge on any atom is -0.486 e. The number of nitrogens with zero attached hydrogens (tertiary/aromatic N) is 1. The molecule has 1 aliphatic heterocycles. The van der Waals surface area contributed by atoms with Crippen molar-refractivity contribution in [2.75, 3.05) is 4.90 Å². The minimum atomic E-state index is -0.980. The first-order chi connectivity index (χ1) is 16.6. The second-order valence-corrected chi connectivity index (χ2v) is 9.38. The Kier molecular flexibility index (Phi) is 7.47. The Morgan fingerprint density at radius 1 is 1.00 bits per heavy atom. The topological polar surface area (TPSA) is 75.7 Å². The zero-order valence-corrected chi connectivity index (χ0v) is 21.3. The molecule has 0 saturated carbocycles. The number of amides is 4. The molecule has 0 spiro atoms. The normalized spacial score (nSPS) is 14.9. The summed E-state index contributed by atoms with van der Waals surface area (Å²) in [4.78, 5) is 38.3. The van der Waals surface area contributed by atoms with Crippen LogP contribution in [-0.4, -0.2) is 17.8 Å². The molecular weight excluding hydrogens is 586 g/mol. The molecule has 3 aromatic carbocycles. The van der Waals surface area contributed by atoms with Gasteiger partial charge in [0.05, 0.1) is 15.2 Å². The van der Waals surface area contributed by atoms with Gasteiger partial charge in [-0.1, -0.05) is 46.9 Å². The van der Waals surface area contributed by atoms with E-state index >= 15 is 0 Å². The number of hydrogen-bond acceptors (Lipinski definition) is 4. The molecule has 4 amide bonds. The van der Waals surface area contributed by atoms with Crippen LogP contribution in [0.15, 0.2) is 64.6 Å². The van der Waals surface area contributed by atoms with Crippen LogP contribution in [0.2, 0.25) is 15.1 Å². The van der Waals surface area contributed by atoms with Crippen molar-refractivity contribution < 1.29 is 23.5 Å². The summed E-state index contributed by atoms with van der Waals surface area (Å²) in [5.41, 5.74) is 0.718. The molecule has 0 radical (unpaired) electrons. The van der Waals surface area contributed by atoms with E-state index in [1.807, 2.05) is 0 Å². The van der Waals surface area contributed by atoms with Gasteiger partial charge in [0, 0.05) is 15.6 Å². The van der Waals surface area contributed by atoms with Crippen LogP contribution in [0.5, 0.6) is 5.75 Å². The summed E-state index contributed by atoms with van der Waals surface area (Å²) >= 11 is 21.9. The SMILES string of the molecule is O=C1NC(=O)N(c2cccc(F)c2)C(=O)/C1=C/c1cc(Cl)c(OCc2ccc(Cl)cc2Cl)c(Br)c1.